The van der Waals surface area contributed by atoms with Gasteiger partial charge in [0.2, 0.25) is 0 Å². The highest BCUT2D eigenvalue weighted by Crippen LogP contribution is 2.15. The van der Waals surface area contributed by atoms with Crippen LogP contribution in [0.2, 0.25) is 0 Å². The van der Waals surface area contributed by atoms with Gasteiger partial charge in [-0.25, -0.2) is 4.79 Å². The molecule has 0 bridgehead atoms. The zero-order valence-electron chi connectivity index (χ0n) is 12.2. The van der Waals surface area contributed by atoms with Crippen molar-refractivity contribution in [1.82, 2.24) is 4.90 Å². The van der Waals surface area contributed by atoms with E-state index in [1.807, 2.05) is 13.8 Å². The van der Waals surface area contributed by atoms with Crippen molar-refractivity contribution in [3.8, 4) is 0 Å². The highest BCUT2D eigenvalue weighted by Gasteiger charge is 2.26. The fraction of sp³-hybridized carbons (Fsp3) is 0.375. The Kier molecular flexibility index (Phi) is 4.75. The van der Waals surface area contributed by atoms with Crippen LogP contribution in [0.4, 0.5) is 0 Å². The average molecular weight is 289 g/mol. The molecule has 1 N–H and O–H groups in total. The number of hydrogen-bond acceptors (Lipinski definition) is 3. The Balaban J connectivity index is 2.15. The molecule has 2 atom stereocenters. The van der Waals surface area contributed by atoms with Crippen molar-refractivity contribution >= 4 is 18.0 Å². The van der Waals surface area contributed by atoms with Gasteiger partial charge >= 0.3 is 5.97 Å². The quantitative estimate of drug-likeness (QED) is 0.865. The molecule has 2 unspecified atom stereocenters. The van der Waals surface area contributed by atoms with E-state index in [1.54, 1.807) is 29.2 Å². The Bertz CT molecular complexity index is 557. The van der Waals surface area contributed by atoms with Gasteiger partial charge in [-0.3, -0.25) is 4.79 Å². The maximum atomic E-state index is 12.5. The molecule has 21 heavy (non-hydrogen) atoms. The maximum absolute atomic E-state index is 12.5. The van der Waals surface area contributed by atoms with Crippen molar-refractivity contribution in [3.05, 3.63) is 41.5 Å². The summed E-state index contributed by atoms with van der Waals surface area (Å²) in [5.41, 5.74) is 1.25. The first-order valence-corrected chi connectivity index (χ1v) is 6.91. The second kappa shape index (κ2) is 6.54. The number of ether oxygens (including phenoxy) is 1. The van der Waals surface area contributed by atoms with E-state index in [-0.39, 0.29) is 18.1 Å². The van der Waals surface area contributed by atoms with Crippen molar-refractivity contribution < 1.29 is 19.4 Å². The number of rotatable bonds is 3. The van der Waals surface area contributed by atoms with Crippen LogP contribution < -0.4 is 0 Å². The van der Waals surface area contributed by atoms with E-state index >= 15 is 0 Å². The molecule has 1 saturated heterocycles. The molecule has 1 heterocycles. The second-order valence-corrected chi connectivity index (χ2v) is 5.26. The van der Waals surface area contributed by atoms with Gasteiger partial charge in [0.05, 0.1) is 12.2 Å². The highest BCUT2D eigenvalue weighted by molar-refractivity contribution is 5.95. The van der Waals surface area contributed by atoms with Crippen LogP contribution in [0, 0.1) is 0 Å². The van der Waals surface area contributed by atoms with E-state index in [1.165, 1.54) is 6.08 Å². The van der Waals surface area contributed by atoms with E-state index in [2.05, 4.69) is 0 Å². The zero-order valence-corrected chi connectivity index (χ0v) is 12.2. The lowest BCUT2D eigenvalue weighted by atomic mass is 10.1. The molecule has 1 aliphatic rings. The van der Waals surface area contributed by atoms with Gasteiger partial charge in [0, 0.05) is 24.7 Å². The molecule has 0 aromatic heterocycles. The number of benzene rings is 1. The molecule has 0 saturated carbocycles. The third-order valence-corrected chi connectivity index (χ3v) is 3.26. The lowest BCUT2D eigenvalue weighted by Crippen LogP contribution is -2.48. The highest BCUT2D eigenvalue weighted by atomic mass is 16.5. The smallest absolute Gasteiger partial charge is 0.328 e. The summed E-state index contributed by atoms with van der Waals surface area (Å²) < 4.78 is 5.62. The molecule has 0 spiro atoms. The molecule has 5 heteroatoms. The molecule has 5 nitrogen and oxygen atoms in total. The van der Waals surface area contributed by atoms with Crippen molar-refractivity contribution in [2.24, 2.45) is 0 Å². The lowest BCUT2D eigenvalue weighted by molar-refractivity contribution is -0.131. The first-order valence-electron chi connectivity index (χ1n) is 6.91. The minimum Gasteiger partial charge on any atom is -0.478 e. The molecule has 0 radical (unpaired) electrons. The zero-order chi connectivity index (χ0) is 15.4. The number of hydrogen-bond donors (Lipinski definition) is 1. The fourth-order valence-electron chi connectivity index (χ4n) is 2.47. The number of carboxylic acid groups (broad SMARTS) is 1. The largest absolute Gasteiger partial charge is 0.478 e. The van der Waals surface area contributed by atoms with E-state index in [0.717, 1.165) is 6.08 Å². The molecule has 2 rings (SSSR count). The van der Waals surface area contributed by atoms with Crippen LogP contribution in [0.1, 0.15) is 29.8 Å². The van der Waals surface area contributed by atoms with Crippen LogP contribution in [0.3, 0.4) is 0 Å². The first kappa shape index (κ1) is 15.3. The minimum absolute atomic E-state index is 0.0211. The second-order valence-electron chi connectivity index (χ2n) is 5.26. The van der Waals surface area contributed by atoms with Gasteiger partial charge in [-0.2, -0.15) is 0 Å². The Morgan fingerprint density at radius 3 is 2.57 bits per heavy atom. The molecule has 1 aromatic carbocycles. The predicted molar refractivity (Wildman–Crippen MR) is 79.0 cm³/mol. The molecule has 1 aliphatic heterocycles. The Labute approximate surface area is 123 Å². The Morgan fingerprint density at radius 1 is 1.29 bits per heavy atom. The number of amides is 1. The summed E-state index contributed by atoms with van der Waals surface area (Å²) in [6.07, 6.45) is 2.58. The molecular weight excluding hydrogens is 270 g/mol. The average Bonchev–Trinajstić information content (AvgIpc) is 2.43. The summed E-state index contributed by atoms with van der Waals surface area (Å²) in [4.78, 5) is 24.8. The topological polar surface area (TPSA) is 66.8 Å². The third kappa shape index (κ3) is 4.16. The molecule has 0 aliphatic carbocycles. The predicted octanol–water partition coefficient (Wildman–Crippen LogP) is 2.03. The van der Waals surface area contributed by atoms with E-state index < -0.39 is 5.97 Å². The van der Waals surface area contributed by atoms with Crippen LogP contribution in [0.5, 0.6) is 0 Å². The number of carbonyl (C=O) groups excluding carboxylic acids is 1. The van der Waals surface area contributed by atoms with Gasteiger partial charge in [-0.1, -0.05) is 12.1 Å². The SMILES string of the molecule is CC1CN(C(=O)c2cccc(C=CC(=O)O)c2)CC(C)O1. The van der Waals surface area contributed by atoms with Gasteiger partial charge in [0.1, 0.15) is 0 Å². The minimum atomic E-state index is -1.01. The van der Waals surface area contributed by atoms with Crippen molar-refractivity contribution in [3.63, 3.8) is 0 Å². The fourth-order valence-corrected chi connectivity index (χ4v) is 2.47. The molecule has 1 fully saturated rings. The van der Waals surface area contributed by atoms with Gasteiger partial charge in [-0.05, 0) is 37.6 Å². The number of carbonyl (C=O) groups is 2. The molecular formula is C16H19NO4. The standard InChI is InChI=1S/C16H19NO4/c1-11-9-17(10-12(2)21-11)16(20)14-5-3-4-13(8-14)6-7-15(18)19/h3-8,11-12H,9-10H2,1-2H3,(H,18,19). The lowest BCUT2D eigenvalue weighted by Gasteiger charge is -2.35. The molecule has 1 amide bonds. The number of aliphatic carboxylic acids is 1. The summed E-state index contributed by atoms with van der Waals surface area (Å²) in [6.45, 7) is 5.03. The van der Waals surface area contributed by atoms with Crippen LogP contribution >= 0.6 is 0 Å². The summed E-state index contributed by atoms with van der Waals surface area (Å²) in [5, 5.41) is 8.64. The van der Waals surface area contributed by atoms with Crippen molar-refractivity contribution in [2.75, 3.05) is 13.1 Å². The van der Waals surface area contributed by atoms with Crippen LogP contribution in [0.15, 0.2) is 30.3 Å². The maximum Gasteiger partial charge on any atom is 0.328 e. The molecule has 112 valence electrons. The van der Waals surface area contributed by atoms with E-state index in [0.29, 0.717) is 24.2 Å². The van der Waals surface area contributed by atoms with Crippen LogP contribution in [-0.4, -0.2) is 47.2 Å². The number of carboxylic acids is 1. The van der Waals surface area contributed by atoms with Crippen LogP contribution in [0.25, 0.3) is 6.08 Å². The van der Waals surface area contributed by atoms with Gasteiger partial charge in [0.25, 0.3) is 5.91 Å². The van der Waals surface area contributed by atoms with Gasteiger partial charge < -0.3 is 14.7 Å². The first-order chi connectivity index (χ1) is 9.95. The summed E-state index contributed by atoms with van der Waals surface area (Å²) in [5.74, 6) is -1.06. The molecule has 1 aromatic rings. The van der Waals surface area contributed by atoms with Crippen molar-refractivity contribution in [1.29, 1.82) is 0 Å². The van der Waals surface area contributed by atoms with Crippen molar-refractivity contribution in [2.45, 2.75) is 26.1 Å². The summed E-state index contributed by atoms with van der Waals surface area (Å²) >= 11 is 0. The number of morpholine rings is 1. The summed E-state index contributed by atoms with van der Waals surface area (Å²) in [6, 6.07) is 6.96. The monoisotopic (exact) mass is 289 g/mol. The Morgan fingerprint density at radius 2 is 1.95 bits per heavy atom. The van der Waals surface area contributed by atoms with Gasteiger partial charge in [-0.15, -0.1) is 0 Å². The Hall–Kier alpha value is -2.14. The summed E-state index contributed by atoms with van der Waals surface area (Å²) in [7, 11) is 0. The number of nitrogens with zero attached hydrogens (tertiary/aromatic N) is 1. The third-order valence-electron chi connectivity index (χ3n) is 3.26. The van der Waals surface area contributed by atoms with E-state index in [4.69, 9.17) is 9.84 Å². The van der Waals surface area contributed by atoms with Gasteiger partial charge in [0.15, 0.2) is 0 Å². The van der Waals surface area contributed by atoms with E-state index in [9.17, 15) is 9.59 Å². The normalized spacial score (nSPS) is 22.5. The van der Waals surface area contributed by atoms with Crippen LogP contribution in [-0.2, 0) is 9.53 Å².